The second-order valence-corrected chi connectivity index (χ2v) is 13.0. The highest BCUT2D eigenvalue weighted by molar-refractivity contribution is 6.03. The molecule has 0 aliphatic heterocycles. The summed E-state index contributed by atoms with van der Waals surface area (Å²) in [5.41, 5.74) is 6.24. The number of rotatable bonds is 10. The molecule has 0 atom stereocenters. The van der Waals surface area contributed by atoms with E-state index >= 15 is 0 Å². The third kappa shape index (κ3) is 5.97. The summed E-state index contributed by atoms with van der Waals surface area (Å²) in [6, 6.07) is 49.8. The zero-order valence-corrected chi connectivity index (χ0v) is 27.8. The van der Waals surface area contributed by atoms with Crippen molar-refractivity contribution < 1.29 is 10.2 Å². The van der Waals surface area contributed by atoms with Gasteiger partial charge in [-0.3, -0.25) is 0 Å². The molecular formula is C46H38N2O2. The largest absolute Gasteiger partial charge is 0.505 e. The fourth-order valence-electron chi connectivity index (χ4n) is 7.32. The molecule has 0 heterocycles. The van der Waals surface area contributed by atoms with Gasteiger partial charge in [0.1, 0.15) is 11.5 Å². The van der Waals surface area contributed by atoms with Gasteiger partial charge in [-0.2, -0.15) is 0 Å². The molecule has 50 heavy (non-hydrogen) atoms. The molecule has 0 unspecified atom stereocenters. The Morgan fingerprint density at radius 2 is 0.780 bits per heavy atom. The van der Waals surface area contributed by atoms with Gasteiger partial charge in [0.05, 0.1) is 11.4 Å². The number of benzene rings is 8. The Labute approximate surface area is 292 Å². The summed E-state index contributed by atoms with van der Waals surface area (Å²) in [5.74, 6) is 0.445. The Morgan fingerprint density at radius 3 is 1.14 bits per heavy atom. The molecule has 0 bridgehead atoms. The number of aromatic hydroxyl groups is 2. The average molecular weight is 651 g/mol. The Kier molecular flexibility index (Phi) is 8.27. The molecule has 0 amide bonds. The van der Waals surface area contributed by atoms with Crippen LogP contribution in [0.15, 0.2) is 158 Å². The van der Waals surface area contributed by atoms with Crippen molar-refractivity contribution in [3.05, 3.63) is 180 Å². The van der Waals surface area contributed by atoms with Crippen molar-refractivity contribution in [3.8, 4) is 11.5 Å². The molecule has 4 nitrogen and oxygen atoms in total. The lowest BCUT2D eigenvalue weighted by atomic mass is 9.96. The maximum Gasteiger partial charge on any atom is 0.142 e. The normalized spacial score (nSPS) is 11.4. The summed E-state index contributed by atoms with van der Waals surface area (Å²) in [4.78, 5) is 0. The van der Waals surface area contributed by atoms with Crippen LogP contribution >= 0.6 is 0 Å². The molecule has 0 saturated carbocycles. The van der Waals surface area contributed by atoms with Crippen LogP contribution < -0.4 is 10.6 Å². The van der Waals surface area contributed by atoms with E-state index in [1.165, 1.54) is 54.2 Å². The van der Waals surface area contributed by atoms with Gasteiger partial charge in [-0.15, -0.1) is 0 Å². The van der Waals surface area contributed by atoms with Gasteiger partial charge >= 0.3 is 0 Å². The molecular weight excluding hydrogens is 613 g/mol. The summed E-state index contributed by atoms with van der Waals surface area (Å²) in [6.07, 6.45) is 0.968. The van der Waals surface area contributed by atoms with Gasteiger partial charge in [0.15, 0.2) is 0 Å². The van der Waals surface area contributed by atoms with Crippen LogP contribution in [0.25, 0.3) is 43.1 Å². The van der Waals surface area contributed by atoms with Gasteiger partial charge in [-0.05, 0) is 91.3 Å². The highest BCUT2D eigenvalue weighted by Gasteiger charge is 2.14. The molecule has 8 aromatic rings. The van der Waals surface area contributed by atoms with Crippen LogP contribution in [0.3, 0.4) is 0 Å². The minimum Gasteiger partial charge on any atom is -0.505 e. The first-order valence-electron chi connectivity index (χ1n) is 17.1. The van der Waals surface area contributed by atoms with Crippen molar-refractivity contribution in [1.29, 1.82) is 0 Å². The van der Waals surface area contributed by atoms with Crippen molar-refractivity contribution in [1.82, 2.24) is 0 Å². The first-order chi connectivity index (χ1) is 24.5. The zero-order valence-electron chi connectivity index (χ0n) is 27.8. The van der Waals surface area contributed by atoms with Crippen LogP contribution in [0.1, 0.15) is 22.3 Å². The maximum absolute atomic E-state index is 11.4. The second kappa shape index (κ2) is 13.3. The predicted molar refractivity (Wildman–Crippen MR) is 210 cm³/mol. The van der Waals surface area contributed by atoms with Gasteiger partial charge in [0.2, 0.25) is 0 Å². The average Bonchev–Trinajstić information content (AvgIpc) is 3.14. The van der Waals surface area contributed by atoms with E-state index < -0.39 is 0 Å². The van der Waals surface area contributed by atoms with E-state index in [4.69, 9.17) is 0 Å². The van der Waals surface area contributed by atoms with E-state index in [1.54, 1.807) is 0 Å². The van der Waals surface area contributed by atoms with Crippen molar-refractivity contribution in [2.45, 2.75) is 25.9 Å². The Morgan fingerprint density at radius 1 is 0.440 bits per heavy atom. The van der Waals surface area contributed by atoms with Crippen LogP contribution in [-0.4, -0.2) is 10.2 Å². The first-order valence-corrected chi connectivity index (χ1v) is 17.1. The van der Waals surface area contributed by atoms with Gasteiger partial charge in [-0.1, -0.05) is 133 Å². The Bertz CT molecular complexity index is 2270. The summed E-state index contributed by atoms with van der Waals surface area (Å²) >= 11 is 0. The number of allylic oxidation sites excluding steroid dienone is 1. The molecule has 0 aliphatic carbocycles. The summed E-state index contributed by atoms with van der Waals surface area (Å²) in [6.45, 7) is 5.49. The van der Waals surface area contributed by atoms with E-state index in [0.29, 0.717) is 37.3 Å². The number of fused-ring (bicyclic) bond motifs is 4. The minimum atomic E-state index is 0.222. The van der Waals surface area contributed by atoms with Crippen molar-refractivity contribution in [2.24, 2.45) is 0 Å². The molecule has 4 heteroatoms. The van der Waals surface area contributed by atoms with Gasteiger partial charge in [0.25, 0.3) is 0 Å². The van der Waals surface area contributed by atoms with Crippen molar-refractivity contribution >= 4 is 54.5 Å². The molecule has 0 aromatic heterocycles. The smallest absolute Gasteiger partial charge is 0.142 e. The third-order valence-corrected chi connectivity index (χ3v) is 9.80. The fourth-order valence-corrected chi connectivity index (χ4v) is 7.32. The summed E-state index contributed by atoms with van der Waals surface area (Å²) < 4.78 is 0. The van der Waals surface area contributed by atoms with Crippen LogP contribution in [0.4, 0.5) is 11.4 Å². The molecule has 0 aliphatic rings. The molecule has 0 spiro atoms. The maximum atomic E-state index is 11.4. The highest BCUT2D eigenvalue weighted by atomic mass is 16.3. The molecule has 0 fully saturated rings. The SMILES string of the molecule is C=C(Cc1cccc(NCc2c3ccccc3cc3ccccc23)c1O)Cc1cccc(NCc2c3ccccc3cc3ccccc23)c1O. The van der Waals surface area contributed by atoms with E-state index in [1.807, 2.05) is 36.4 Å². The first kappa shape index (κ1) is 31.0. The Hall–Kier alpha value is -6.26. The fraction of sp³-hybridized carbons (Fsp3) is 0.0870. The number of anilines is 2. The third-order valence-electron chi connectivity index (χ3n) is 9.80. The molecule has 8 rings (SSSR count). The number of phenols is 2. The van der Waals surface area contributed by atoms with Crippen molar-refractivity contribution in [2.75, 3.05) is 10.6 Å². The van der Waals surface area contributed by atoms with E-state index in [-0.39, 0.29) is 11.5 Å². The van der Waals surface area contributed by atoms with Crippen LogP contribution in [-0.2, 0) is 25.9 Å². The number of hydrogen-bond donors (Lipinski definition) is 4. The lowest BCUT2D eigenvalue weighted by Crippen LogP contribution is -2.04. The van der Waals surface area contributed by atoms with E-state index in [2.05, 4.69) is 126 Å². The van der Waals surface area contributed by atoms with Crippen molar-refractivity contribution in [3.63, 3.8) is 0 Å². The monoisotopic (exact) mass is 650 g/mol. The number of hydrogen-bond acceptors (Lipinski definition) is 4. The van der Waals surface area contributed by atoms with Crippen LogP contribution in [0.5, 0.6) is 11.5 Å². The topological polar surface area (TPSA) is 64.5 Å². The standard InChI is InChI=1S/C46H38N2O2/c1-30(24-35-16-10-22-43(45(35)49)47-28-41-37-18-6-2-12-31(37)26-32-13-3-7-19-38(32)41)25-36-17-11-23-44(46(36)50)48-29-42-39-20-8-4-14-33(39)27-34-15-5-9-21-40(34)42/h2-23,26-27,47-50H,1,24-25,28-29H2. The molecule has 0 radical (unpaired) electrons. The summed E-state index contributed by atoms with van der Waals surface area (Å²) in [7, 11) is 0. The molecule has 0 saturated heterocycles. The van der Waals surface area contributed by atoms with E-state index in [0.717, 1.165) is 16.7 Å². The zero-order chi connectivity index (χ0) is 34.0. The number of phenolic OH excluding ortho intramolecular Hbond substituents is 2. The lowest BCUT2D eigenvalue weighted by molar-refractivity contribution is 0.469. The molecule has 244 valence electrons. The number of para-hydroxylation sites is 2. The van der Waals surface area contributed by atoms with Gasteiger partial charge in [-0.25, -0.2) is 0 Å². The second-order valence-electron chi connectivity index (χ2n) is 13.0. The Balaban J connectivity index is 0.983. The highest BCUT2D eigenvalue weighted by Crippen LogP contribution is 2.36. The quantitative estimate of drug-likeness (QED) is 0.0676. The minimum absolute atomic E-state index is 0.222. The van der Waals surface area contributed by atoms with Crippen LogP contribution in [0.2, 0.25) is 0 Å². The summed E-state index contributed by atoms with van der Waals surface area (Å²) in [5, 5.41) is 39.4. The predicted octanol–water partition coefficient (Wildman–Crippen LogP) is 11.3. The van der Waals surface area contributed by atoms with Gasteiger partial charge < -0.3 is 20.8 Å². The molecule has 8 aromatic carbocycles. The number of nitrogens with one attached hydrogen (secondary N) is 2. The molecule has 4 N–H and O–H groups in total. The lowest BCUT2D eigenvalue weighted by Gasteiger charge is -2.17. The van der Waals surface area contributed by atoms with E-state index in [9.17, 15) is 10.2 Å². The van der Waals surface area contributed by atoms with Crippen LogP contribution in [0, 0.1) is 0 Å². The van der Waals surface area contributed by atoms with Gasteiger partial charge in [0, 0.05) is 24.2 Å².